The van der Waals surface area contributed by atoms with Crippen LogP contribution in [-0.2, 0) is 0 Å². The number of carbonyl (C=O) groups excluding carboxylic acids is 2. The van der Waals surface area contributed by atoms with Gasteiger partial charge >= 0.3 is 0 Å². The first-order valence-corrected chi connectivity index (χ1v) is 13.9. The molecule has 0 atom stereocenters. The van der Waals surface area contributed by atoms with Gasteiger partial charge in [-0.25, -0.2) is 0 Å². The van der Waals surface area contributed by atoms with Crippen LogP contribution in [0.2, 0.25) is 0 Å². The average Bonchev–Trinajstić information content (AvgIpc) is 3.04. The SMILES string of the molecule is O=C1c2cccc(NCCN=Cc3cc([N+](=O)[O-])ccc3O)c2C(=O)c2c(NCCN=Cc3cc([N+](=O)[O-])ccc3O)cccc21. The highest BCUT2D eigenvalue weighted by Gasteiger charge is 2.33. The molecule has 0 aromatic heterocycles. The smallest absolute Gasteiger partial charge is 0.270 e. The van der Waals surface area contributed by atoms with Crippen LogP contribution in [0.25, 0.3) is 0 Å². The fourth-order valence-electron chi connectivity index (χ4n) is 4.89. The topological polar surface area (TPSA) is 210 Å². The number of hydrogen-bond acceptors (Lipinski definition) is 12. The van der Waals surface area contributed by atoms with E-state index in [1.54, 1.807) is 36.4 Å². The number of nitro benzene ring substituents is 2. The predicted octanol–water partition coefficient (Wildman–Crippen LogP) is 4.75. The van der Waals surface area contributed by atoms with Crippen LogP contribution in [0.5, 0.6) is 11.5 Å². The zero-order valence-electron chi connectivity index (χ0n) is 24.0. The second-order valence-corrected chi connectivity index (χ2v) is 10.0. The van der Waals surface area contributed by atoms with Crippen LogP contribution in [-0.4, -0.2) is 70.2 Å². The number of nitro groups is 2. The number of ketones is 2. The summed E-state index contributed by atoms with van der Waals surface area (Å²) in [5.74, 6) is -0.971. The number of benzene rings is 4. The van der Waals surface area contributed by atoms with Crippen LogP contribution in [0.4, 0.5) is 22.7 Å². The molecule has 4 aromatic carbocycles. The molecule has 14 heteroatoms. The molecule has 232 valence electrons. The Bertz CT molecular complexity index is 1800. The van der Waals surface area contributed by atoms with E-state index < -0.39 is 9.85 Å². The van der Waals surface area contributed by atoms with Crippen molar-refractivity contribution in [3.8, 4) is 11.5 Å². The Balaban J connectivity index is 1.27. The lowest BCUT2D eigenvalue weighted by atomic mass is 9.82. The van der Waals surface area contributed by atoms with Crippen LogP contribution in [0.1, 0.15) is 43.0 Å². The fraction of sp³-hybridized carbons (Fsp3) is 0.125. The second-order valence-electron chi connectivity index (χ2n) is 10.0. The van der Waals surface area contributed by atoms with Crippen molar-refractivity contribution in [2.45, 2.75) is 0 Å². The first-order chi connectivity index (χ1) is 22.2. The highest BCUT2D eigenvalue weighted by molar-refractivity contribution is 6.31. The van der Waals surface area contributed by atoms with Gasteiger partial charge in [-0.1, -0.05) is 24.3 Å². The Hall–Kier alpha value is -6.44. The third kappa shape index (κ3) is 6.55. The highest BCUT2D eigenvalue weighted by atomic mass is 16.6. The largest absolute Gasteiger partial charge is 0.507 e. The van der Waals surface area contributed by atoms with Crippen molar-refractivity contribution >= 4 is 46.7 Å². The number of anilines is 2. The number of hydrogen-bond donors (Lipinski definition) is 4. The zero-order chi connectivity index (χ0) is 32.8. The lowest BCUT2D eigenvalue weighted by molar-refractivity contribution is -0.385. The molecule has 0 unspecified atom stereocenters. The summed E-state index contributed by atoms with van der Waals surface area (Å²) in [5.41, 5.74) is 1.84. The summed E-state index contributed by atoms with van der Waals surface area (Å²) in [6, 6.07) is 17.1. The van der Waals surface area contributed by atoms with Gasteiger partial charge in [-0.3, -0.25) is 39.8 Å². The molecule has 1 aliphatic carbocycles. The molecule has 0 fully saturated rings. The average molecular weight is 623 g/mol. The van der Waals surface area contributed by atoms with E-state index in [0.29, 0.717) is 11.4 Å². The summed E-state index contributed by atoms with van der Waals surface area (Å²) in [4.78, 5) is 56.6. The van der Waals surface area contributed by atoms with Gasteiger partial charge in [0, 0.05) is 83.4 Å². The molecule has 1 aliphatic rings. The molecule has 46 heavy (non-hydrogen) atoms. The van der Waals surface area contributed by atoms with Crippen molar-refractivity contribution in [3.05, 3.63) is 126 Å². The van der Waals surface area contributed by atoms with Gasteiger partial charge < -0.3 is 20.8 Å². The number of rotatable bonds is 12. The molecule has 0 amide bonds. The van der Waals surface area contributed by atoms with E-state index in [1.807, 2.05) is 0 Å². The first-order valence-electron chi connectivity index (χ1n) is 13.9. The molecule has 0 heterocycles. The van der Waals surface area contributed by atoms with E-state index in [9.17, 15) is 40.0 Å². The summed E-state index contributed by atoms with van der Waals surface area (Å²) < 4.78 is 0. The van der Waals surface area contributed by atoms with Crippen LogP contribution < -0.4 is 10.6 Å². The number of fused-ring (bicyclic) bond motifs is 2. The van der Waals surface area contributed by atoms with Gasteiger partial charge in [-0.15, -0.1) is 0 Å². The van der Waals surface area contributed by atoms with Crippen molar-refractivity contribution in [1.29, 1.82) is 0 Å². The molecule has 0 saturated heterocycles. The third-order valence-corrected chi connectivity index (χ3v) is 7.09. The van der Waals surface area contributed by atoms with E-state index in [1.165, 1.54) is 48.8 Å². The predicted molar refractivity (Wildman–Crippen MR) is 171 cm³/mol. The number of aromatic hydroxyl groups is 2. The van der Waals surface area contributed by atoms with Gasteiger partial charge in [0.05, 0.1) is 34.1 Å². The monoisotopic (exact) mass is 622 g/mol. The number of non-ortho nitro benzene ring substituents is 2. The normalized spacial score (nSPS) is 12.3. The molecule has 4 aromatic rings. The second kappa shape index (κ2) is 13.5. The Morgan fingerprint density at radius 3 is 1.50 bits per heavy atom. The molecular formula is C32H26N6O8. The van der Waals surface area contributed by atoms with Gasteiger partial charge in [0.25, 0.3) is 11.4 Å². The van der Waals surface area contributed by atoms with E-state index in [4.69, 9.17) is 0 Å². The Morgan fingerprint density at radius 1 is 0.652 bits per heavy atom. The zero-order valence-corrected chi connectivity index (χ0v) is 24.0. The number of phenols is 2. The van der Waals surface area contributed by atoms with E-state index in [-0.39, 0.29) is 94.0 Å². The molecule has 5 rings (SSSR count). The Kier molecular flexibility index (Phi) is 9.07. The van der Waals surface area contributed by atoms with Gasteiger partial charge in [0.2, 0.25) is 0 Å². The minimum absolute atomic E-state index is 0.153. The Labute approximate surface area is 261 Å². The van der Waals surface area contributed by atoms with Crippen molar-refractivity contribution in [2.24, 2.45) is 9.98 Å². The molecule has 4 N–H and O–H groups in total. The minimum Gasteiger partial charge on any atom is -0.507 e. The van der Waals surface area contributed by atoms with E-state index >= 15 is 0 Å². The van der Waals surface area contributed by atoms with Crippen LogP contribution in [0.15, 0.2) is 82.8 Å². The van der Waals surface area contributed by atoms with Gasteiger partial charge in [0.1, 0.15) is 11.5 Å². The van der Waals surface area contributed by atoms with Gasteiger partial charge in [0.15, 0.2) is 11.6 Å². The van der Waals surface area contributed by atoms with E-state index in [2.05, 4.69) is 20.6 Å². The molecule has 0 radical (unpaired) electrons. The third-order valence-electron chi connectivity index (χ3n) is 7.09. The maximum absolute atomic E-state index is 13.8. The summed E-state index contributed by atoms with van der Waals surface area (Å²) in [6.07, 6.45) is 2.65. The standard InChI is InChI=1S/C32H26N6O8/c39-27-9-7-21(37(43)44)15-19(27)17-33-11-13-35-25-5-1-3-23-29(25)32(42)30-24(31(23)41)4-2-6-26(30)36-14-12-34-18-20-16-22(38(45)46)8-10-28(20)40/h1-10,15-18,35-36,39-40H,11-14H2. The van der Waals surface area contributed by atoms with Crippen LogP contribution >= 0.6 is 0 Å². The summed E-state index contributed by atoms with van der Waals surface area (Å²) in [5, 5.41) is 48.2. The maximum atomic E-state index is 13.8. The summed E-state index contributed by atoms with van der Waals surface area (Å²) in [6.45, 7) is 0.919. The molecule has 0 saturated carbocycles. The van der Waals surface area contributed by atoms with Crippen LogP contribution in [0.3, 0.4) is 0 Å². The summed E-state index contributed by atoms with van der Waals surface area (Å²) in [7, 11) is 0. The molecule has 0 aliphatic heterocycles. The molecule has 14 nitrogen and oxygen atoms in total. The van der Waals surface area contributed by atoms with Gasteiger partial charge in [-0.2, -0.15) is 0 Å². The lowest BCUT2D eigenvalue weighted by Crippen LogP contribution is -2.24. The van der Waals surface area contributed by atoms with Crippen molar-refractivity contribution < 1.29 is 29.6 Å². The minimum atomic E-state index is -0.572. The van der Waals surface area contributed by atoms with E-state index in [0.717, 1.165) is 0 Å². The van der Waals surface area contributed by atoms with Crippen molar-refractivity contribution in [2.75, 3.05) is 36.8 Å². The molecule has 0 bridgehead atoms. The molecule has 0 spiro atoms. The van der Waals surface area contributed by atoms with Gasteiger partial charge in [-0.05, 0) is 24.3 Å². The number of phenolic OH excluding ortho intramolecular Hbond substituents is 2. The lowest BCUT2D eigenvalue weighted by Gasteiger charge is -2.23. The summed E-state index contributed by atoms with van der Waals surface area (Å²) >= 11 is 0. The Morgan fingerprint density at radius 2 is 1.09 bits per heavy atom. The number of aliphatic imine (C=N–C) groups is 2. The highest BCUT2D eigenvalue weighted by Crippen LogP contribution is 2.35. The van der Waals surface area contributed by atoms with Crippen molar-refractivity contribution in [3.63, 3.8) is 0 Å². The van der Waals surface area contributed by atoms with Crippen LogP contribution in [0, 0.1) is 20.2 Å². The van der Waals surface area contributed by atoms with Crippen molar-refractivity contribution in [1.82, 2.24) is 0 Å². The molecular weight excluding hydrogens is 596 g/mol. The number of carbonyl (C=O) groups is 2. The maximum Gasteiger partial charge on any atom is 0.270 e. The number of nitrogens with zero attached hydrogens (tertiary/aromatic N) is 4. The quantitative estimate of drug-likeness (QED) is 0.0649. The number of nitrogens with one attached hydrogen (secondary N) is 2. The first kappa shape index (κ1) is 31.0. The fourth-order valence-corrected chi connectivity index (χ4v) is 4.89.